The van der Waals surface area contributed by atoms with Gasteiger partial charge in [0.15, 0.2) is 0 Å². The molecule has 0 saturated carbocycles. The zero-order valence-electron chi connectivity index (χ0n) is 7.44. The molecule has 1 N–H and O–H groups in total. The normalized spacial score (nSPS) is 9.67. The van der Waals surface area contributed by atoms with Gasteiger partial charge >= 0.3 is 0 Å². The van der Waals surface area contributed by atoms with Crippen LogP contribution < -0.4 is 10.1 Å². The van der Waals surface area contributed by atoms with Crippen LogP contribution in [0.3, 0.4) is 0 Å². The van der Waals surface area contributed by atoms with Crippen LogP contribution >= 0.6 is 0 Å². The Hall–Kier alpha value is -1.25. The van der Waals surface area contributed by atoms with Crippen LogP contribution in [0.1, 0.15) is 5.56 Å². The van der Waals surface area contributed by atoms with Crippen molar-refractivity contribution in [2.24, 2.45) is 0 Å². The Morgan fingerprint density at radius 1 is 1.42 bits per heavy atom. The molecule has 0 aliphatic carbocycles. The maximum absolute atomic E-state index is 13.0. The lowest BCUT2D eigenvalue weighted by Gasteiger charge is -2.08. The second-order valence-corrected chi connectivity index (χ2v) is 2.55. The van der Waals surface area contributed by atoms with Crippen molar-refractivity contribution >= 4 is 5.69 Å². The standard InChI is InChI=1S/C9H12FNO/c1-6-4-9(12-3)8(11-2)5-7(6)10/h4-5,11H,1-3H3. The lowest BCUT2D eigenvalue weighted by molar-refractivity contribution is 0.415. The van der Waals surface area contributed by atoms with Crippen molar-refractivity contribution < 1.29 is 9.13 Å². The molecule has 0 unspecified atom stereocenters. The van der Waals surface area contributed by atoms with Crippen molar-refractivity contribution in [3.8, 4) is 5.75 Å². The summed E-state index contributed by atoms with van der Waals surface area (Å²) in [6.45, 7) is 1.71. The molecule has 0 atom stereocenters. The Labute approximate surface area is 71.4 Å². The average molecular weight is 169 g/mol. The zero-order chi connectivity index (χ0) is 9.14. The van der Waals surface area contributed by atoms with Crippen molar-refractivity contribution in [1.29, 1.82) is 0 Å². The van der Waals surface area contributed by atoms with Gasteiger partial charge < -0.3 is 10.1 Å². The van der Waals surface area contributed by atoms with E-state index in [9.17, 15) is 4.39 Å². The third-order valence-corrected chi connectivity index (χ3v) is 1.75. The number of aryl methyl sites for hydroxylation is 1. The van der Waals surface area contributed by atoms with Crippen molar-refractivity contribution in [3.05, 3.63) is 23.5 Å². The molecule has 66 valence electrons. The molecule has 0 aromatic heterocycles. The van der Waals surface area contributed by atoms with Crippen LogP contribution in [0.25, 0.3) is 0 Å². The van der Waals surface area contributed by atoms with Gasteiger partial charge in [0, 0.05) is 13.1 Å². The van der Waals surface area contributed by atoms with Crippen LogP contribution in [0.5, 0.6) is 5.75 Å². The summed E-state index contributed by atoms with van der Waals surface area (Å²) in [6.07, 6.45) is 0. The second-order valence-electron chi connectivity index (χ2n) is 2.55. The summed E-state index contributed by atoms with van der Waals surface area (Å²) in [7, 11) is 3.29. The SMILES string of the molecule is CNc1cc(F)c(C)cc1OC. The molecule has 0 fully saturated rings. The molecule has 0 amide bonds. The van der Waals surface area contributed by atoms with Crippen LogP contribution in [0.2, 0.25) is 0 Å². The highest BCUT2D eigenvalue weighted by Gasteiger charge is 2.05. The number of anilines is 1. The second kappa shape index (κ2) is 3.43. The lowest BCUT2D eigenvalue weighted by Crippen LogP contribution is -1.96. The highest BCUT2D eigenvalue weighted by Crippen LogP contribution is 2.26. The van der Waals surface area contributed by atoms with Crippen LogP contribution in [0, 0.1) is 12.7 Å². The number of hydrogen-bond acceptors (Lipinski definition) is 2. The first-order valence-electron chi connectivity index (χ1n) is 3.71. The summed E-state index contributed by atoms with van der Waals surface area (Å²) in [5, 5.41) is 2.85. The highest BCUT2D eigenvalue weighted by molar-refractivity contribution is 5.57. The van der Waals surface area contributed by atoms with E-state index in [-0.39, 0.29) is 5.82 Å². The molecular formula is C9H12FNO. The predicted molar refractivity (Wildman–Crippen MR) is 47.2 cm³/mol. The summed E-state index contributed by atoms with van der Waals surface area (Å²) in [5.74, 6) is 0.441. The topological polar surface area (TPSA) is 21.3 Å². The van der Waals surface area contributed by atoms with Crippen LogP contribution in [0.4, 0.5) is 10.1 Å². The molecule has 12 heavy (non-hydrogen) atoms. The van der Waals surface area contributed by atoms with Gasteiger partial charge in [-0.1, -0.05) is 0 Å². The Bertz CT molecular complexity index is 257. The minimum Gasteiger partial charge on any atom is -0.495 e. The first kappa shape index (κ1) is 8.84. The summed E-state index contributed by atoms with van der Waals surface area (Å²) in [4.78, 5) is 0. The molecule has 0 aliphatic rings. The molecule has 2 nitrogen and oxygen atoms in total. The molecule has 0 bridgehead atoms. The monoisotopic (exact) mass is 169 g/mol. The fraction of sp³-hybridized carbons (Fsp3) is 0.333. The van der Waals surface area contributed by atoms with Gasteiger partial charge in [0.2, 0.25) is 0 Å². The third-order valence-electron chi connectivity index (χ3n) is 1.75. The average Bonchev–Trinajstić information content (AvgIpc) is 2.09. The van der Waals surface area contributed by atoms with E-state index in [2.05, 4.69) is 5.32 Å². The molecule has 0 spiro atoms. The highest BCUT2D eigenvalue weighted by atomic mass is 19.1. The van der Waals surface area contributed by atoms with Crippen molar-refractivity contribution in [2.75, 3.05) is 19.5 Å². The van der Waals surface area contributed by atoms with E-state index in [1.165, 1.54) is 6.07 Å². The fourth-order valence-corrected chi connectivity index (χ4v) is 1.02. The van der Waals surface area contributed by atoms with Crippen LogP contribution in [0.15, 0.2) is 12.1 Å². The Kier molecular flexibility index (Phi) is 2.53. The van der Waals surface area contributed by atoms with Gasteiger partial charge in [-0.05, 0) is 18.6 Å². The molecule has 1 aromatic rings. The van der Waals surface area contributed by atoms with Gasteiger partial charge in [0.05, 0.1) is 12.8 Å². The maximum Gasteiger partial charge on any atom is 0.142 e. The van der Waals surface area contributed by atoms with Gasteiger partial charge in [0.25, 0.3) is 0 Å². The van der Waals surface area contributed by atoms with E-state index in [0.717, 1.165) is 0 Å². The van der Waals surface area contributed by atoms with Crippen molar-refractivity contribution in [3.63, 3.8) is 0 Å². The van der Waals surface area contributed by atoms with Gasteiger partial charge in [-0.15, -0.1) is 0 Å². The number of halogens is 1. The van der Waals surface area contributed by atoms with Gasteiger partial charge in [0.1, 0.15) is 11.6 Å². The quantitative estimate of drug-likeness (QED) is 0.732. The first-order valence-corrected chi connectivity index (χ1v) is 3.71. The van der Waals surface area contributed by atoms with Crippen molar-refractivity contribution in [2.45, 2.75) is 6.92 Å². The van der Waals surface area contributed by atoms with E-state index < -0.39 is 0 Å². The number of nitrogens with one attached hydrogen (secondary N) is 1. The Morgan fingerprint density at radius 2 is 2.08 bits per heavy atom. The minimum absolute atomic E-state index is 0.222. The zero-order valence-corrected chi connectivity index (χ0v) is 7.44. The smallest absolute Gasteiger partial charge is 0.142 e. The molecular weight excluding hydrogens is 157 g/mol. The van der Waals surface area contributed by atoms with E-state index in [4.69, 9.17) is 4.74 Å². The molecule has 0 saturated heterocycles. The third kappa shape index (κ3) is 1.49. The molecule has 3 heteroatoms. The predicted octanol–water partition coefficient (Wildman–Crippen LogP) is 2.18. The van der Waals surface area contributed by atoms with Crippen molar-refractivity contribution in [1.82, 2.24) is 0 Å². The largest absolute Gasteiger partial charge is 0.495 e. The number of benzene rings is 1. The molecule has 0 heterocycles. The summed E-state index contributed by atoms with van der Waals surface area (Å²) in [5.41, 5.74) is 1.26. The first-order chi connectivity index (χ1) is 5.69. The van der Waals surface area contributed by atoms with Gasteiger partial charge in [-0.2, -0.15) is 0 Å². The van der Waals surface area contributed by atoms with Gasteiger partial charge in [-0.25, -0.2) is 4.39 Å². The molecule has 1 rings (SSSR count). The maximum atomic E-state index is 13.0. The Morgan fingerprint density at radius 3 is 2.58 bits per heavy atom. The van der Waals surface area contributed by atoms with E-state index in [1.807, 2.05) is 0 Å². The number of ether oxygens (including phenoxy) is 1. The fourth-order valence-electron chi connectivity index (χ4n) is 1.02. The minimum atomic E-state index is -0.222. The number of rotatable bonds is 2. The summed E-state index contributed by atoms with van der Waals surface area (Å²) in [6, 6.07) is 3.09. The molecule has 0 aliphatic heterocycles. The van der Waals surface area contributed by atoms with Crippen LogP contribution in [-0.4, -0.2) is 14.2 Å². The molecule has 1 aromatic carbocycles. The van der Waals surface area contributed by atoms with E-state index in [0.29, 0.717) is 17.0 Å². The van der Waals surface area contributed by atoms with E-state index in [1.54, 1.807) is 27.1 Å². The van der Waals surface area contributed by atoms with E-state index >= 15 is 0 Å². The lowest BCUT2D eigenvalue weighted by atomic mass is 10.2. The Balaban J connectivity index is 3.19. The van der Waals surface area contributed by atoms with Gasteiger partial charge in [-0.3, -0.25) is 0 Å². The number of hydrogen-bond donors (Lipinski definition) is 1. The molecule has 0 radical (unpaired) electrons. The number of methoxy groups -OCH3 is 1. The van der Waals surface area contributed by atoms with Crippen LogP contribution in [-0.2, 0) is 0 Å². The summed E-state index contributed by atoms with van der Waals surface area (Å²) < 4.78 is 18.0. The summed E-state index contributed by atoms with van der Waals surface area (Å²) >= 11 is 0.